The molecule has 1 aliphatic rings. The molecule has 3 aromatic rings. The SMILES string of the molecule is CCCCCOc1ccc(SN2CCN(c3nc(Nc4ccc(F)cc4)cc(C(F)(F)F)n3)CC2)cc1. The van der Waals surface area contributed by atoms with Crippen LogP contribution in [0.2, 0.25) is 0 Å². The van der Waals surface area contributed by atoms with Gasteiger partial charge in [0.05, 0.1) is 6.61 Å². The first-order valence-corrected chi connectivity index (χ1v) is 13.0. The largest absolute Gasteiger partial charge is 0.494 e. The summed E-state index contributed by atoms with van der Waals surface area (Å²) >= 11 is 1.60. The van der Waals surface area contributed by atoms with Crippen molar-refractivity contribution < 1.29 is 22.3 Å². The number of benzene rings is 2. The summed E-state index contributed by atoms with van der Waals surface area (Å²) in [7, 11) is 0. The number of rotatable bonds is 10. The lowest BCUT2D eigenvalue weighted by molar-refractivity contribution is -0.141. The third-order valence-corrected chi connectivity index (χ3v) is 6.82. The number of nitrogens with one attached hydrogen (secondary N) is 1. The number of aromatic nitrogens is 2. The zero-order valence-electron chi connectivity index (χ0n) is 20.5. The van der Waals surface area contributed by atoms with E-state index in [1.165, 1.54) is 24.3 Å². The van der Waals surface area contributed by atoms with Gasteiger partial charge in [-0.2, -0.15) is 18.2 Å². The third-order valence-electron chi connectivity index (χ3n) is 5.72. The highest BCUT2D eigenvalue weighted by atomic mass is 32.2. The summed E-state index contributed by atoms with van der Waals surface area (Å²) in [5.41, 5.74) is -0.603. The second-order valence-corrected chi connectivity index (χ2v) is 9.77. The lowest BCUT2D eigenvalue weighted by atomic mass is 10.3. The van der Waals surface area contributed by atoms with Gasteiger partial charge < -0.3 is 15.0 Å². The number of unbranched alkanes of at least 4 members (excludes halogenated alkanes) is 2. The topological polar surface area (TPSA) is 53.5 Å². The molecule has 0 atom stereocenters. The molecule has 198 valence electrons. The van der Waals surface area contributed by atoms with Gasteiger partial charge in [0, 0.05) is 42.8 Å². The second kappa shape index (κ2) is 12.5. The fourth-order valence-electron chi connectivity index (χ4n) is 3.73. The number of ether oxygens (including phenoxy) is 1. The van der Waals surface area contributed by atoms with Crippen LogP contribution in [0.15, 0.2) is 59.5 Å². The molecule has 11 heteroatoms. The maximum atomic E-state index is 13.5. The standard InChI is InChI=1S/C26H29F4N5OS/c1-2-3-4-17-36-21-9-11-22(12-10-21)37-35-15-13-34(14-16-35)25-32-23(26(28,29)30)18-24(33-25)31-20-7-5-19(27)6-8-20/h5-12,18H,2-4,13-17H2,1H3,(H,31,32,33). The fraction of sp³-hybridized carbons (Fsp3) is 0.385. The van der Waals surface area contributed by atoms with Gasteiger partial charge in [-0.25, -0.2) is 13.7 Å². The predicted octanol–water partition coefficient (Wildman–Crippen LogP) is 6.78. The maximum Gasteiger partial charge on any atom is 0.433 e. The molecule has 0 unspecified atom stereocenters. The molecule has 0 radical (unpaired) electrons. The van der Waals surface area contributed by atoms with Crippen LogP contribution in [0.1, 0.15) is 31.9 Å². The summed E-state index contributed by atoms with van der Waals surface area (Å²) in [6.45, 7) is 5.07. The van der Waals surface area contributed by atoms with Crippen LogP contribution in [0, 0.1) is 5.82 Å². The average molecular weight is 536 g/mol. The fourth-order valence-corrected chi connectivity index (χ4v) is 4.64. The molecule has 0 spiro atoms. The van der Waals surface area contributed by atoms with Crippen molar-refractivity contribution in [3.63, 3.8) is 0 Å². The van der Waals surface area contributed by atoms with E-state index in [-0.39, 0.29) is 11.8 Å². The molecule has 1 fully saturated rings. The van der Waals surface area contributed by atoms with Crippen LogP contribution >= 0.6 is 11.9 Å². The van der Waals surface area contributed by atoms with E-state index in [0.717, 1.165) is 36.0 Å². The number of hydrogen-bond donors (Lipinski definition) is 1. The number of piperazine rings is 1. The molecule has 37 heavy (non-hydrogen) atoms. The number of alkyl halides is 3. The monoisotopic (exact) mass is 535 g/mol. The van der Waals surface area contributed by atoms with Crippen LogP contribution in [0.5, 0.6) is 5.75 Å². The van der Waals surface area contributed by atoms with Gasteiger partial charge in [-0.05, 0) is 66.9 Å². The van der Waals surface area contributed by atoms with E-state index < -0.39 is 17.7 Å². The van der Waals surface area contributed by atoms with E-state index >= 15 is 0 Å². The maximum absolute atomic E-state index is 13.5. The Morgan fingerprint density at radius 3 is 2.30 bits per heavy atom. The van der Waals surface area contributed by atoms with E-state index in [9.17, 15) is 17.6 Å². The Balaban J connectivity index is 1.36. The molecule has 1 saturated heterocycles. The van der Waals surface area contributed by atoms with Gasteiger partial charge in [0.15, 0.2) is 5.69 Å². The zero-order chi connectivity index (χ0) is 26.3. The first-order valence-electron chi connectivity index (χ1n) is 12.2. The number of nitrogens with zero attached hydrogens (tertiary/aromatic N) is 4. The smallest absolute Gasteiger partial charge is 0.433 e. The molecule has 1 N–H and O–H groups in total. The van der Waals surface area contributed by atoms with Gasteiger partial charge in [-0.3, -0.25) is 0 Å². The Hall–Kier alpha value is -3.05. The Labute approximate surface area is 218 Å². The molecular formula is C26H29F4N5OS. The number of anilines is 3. The molecule has 6 nitrogen and oxygen atoms in total. The van der Waals surface area contributed by atoms with E-state index in [4.69, 9.17) is 4.74 Å². The number of hydrogen-bond acceptors (Lipinski definition) is 7. The van der Waals surface area contributed by atoms with E-state index in [1.807, 2.05) is 24.3 Å². The van der Waals surface area contributed by atoms with Crippen LogP contribution < -0.4 is 15.0 Å². The summed E-state index contributed by atoms with van der Waals surface area (Å²) < 4.78 is 61.7. The van der Waals surface area contributed by atoms with Crippen LogP contribution in [-0.4, -0.2) is 47.1 Å². The summed E-state index contributed by atoms with van der Waals surface area (Å²) in [5.74, 6) is 0.413. The summed E-state index contributed by atoms with van der Waals surface area (Å²) in [6.07, 6.45) is -1.28. The first kappa shape index (κ1) is 27.0. The average Bonchev–Trinajstić information content (AvgIpc) is 2.89. The first-order chi connectivity index (χ1) is 17.8. The Morgan fingerprint density at radius 2 is 1.65 bits per heavy atom. The molecule has 0 bridgehead atoms. The highest BCUT2D eigenvalue weighted by Crippen LogP contribution is 2.32. The highest BCUT2D eigenvalue weighted by Gasteiger charge is 2.34. The third kappa shape index (κ3) is 7.96. The van der Waals surface area contributed by atoms with Gasteiger partial charge in [-0.1, -0.05) is 19.8 Å². The normalized spacial score (nSPS) is 14.6. The Morgan fingerprint density at radius 1 is 0.946 bits per heavy atom. The van der Waals surface area contributed by atoms with Crippen LogP contribution in [0.4, 0.5) is 35.0 Å². The molecule has 0 saturated carbocycles. The zero-order valence-corrected chi connectivity index (χ0v) is 21.3. The lowest BCUT2D eigenvalue weighted by Crippen LogP contribution is -2.44. The van der Waals surface area contributed by atoms with Gasteiger partial charge in [0.2, 0.25) is 5.95 Å². The van der Waals surface area contributed by atoms with Crippen molar-refractivity contribution in [3.05, 3.63) is 66.1 Å². The highest BCUT2D eigenvalue weighted by molar-refractivity contribution is 7.97. The molecule has 2 heterocycles. The predicted molar refractivity (Wildman–Crippen MR) is 138 cm³/mol. The van der Waals surface area contributed by atoms with Crippen LogP contribution in [-0.2, 0) is 6.18 Å². The van der Waals surface area contributed by atoms with Crippen LogP contribution in [0.3, 0.4) is 0 Å². The van der Waals surface area contributed by atoms with Crippen molar-refractivity contribution >= 4 is 29.4 Å². The van der Waals surface area contributed by atoms with Crippen molar-refractivity contribution in [1.29, 1.82) is 0 Å². The molecule has 2 aromatic carbocycles. The van der Waals surface area contributed by atoms with Gasteiger partial charge in [0.25, 0.3) is 0 Å². The summed E-state index contributed by atoms with van der Waals surface area (Å²) in [5, 5.41) is 2.82. The van der Waals surface area contributed by atoms with Gasteiger partial charge >= 0.3 is 6.18 Å². The van der Waals surface area contributed by atoms with Crippen molar-refractivity contribution in [2.75, 3.05) is 43.0 Å². The minimum Gasteiger partial charge on any atom is -0.494 e. The molecule has 4 rings (SSSR count). The quantitative estimate of drug-likeness (QED) is 0.175. The molecule has 1 aliphatic heterocycles. The van der Waals surface area contributed by atoms with Crippen LogP contribution in [0.25, 0.3) is 0 Å². The van der Waals surface area contributed by atoms with Crippen molar-refractivity contribution in [2.24, 2.45) is 0 Å². The van der Waals surface area contributed by atoms with E-state index in [2.05, 4.69) is 26.5 Å². The van der Waals surface area contributed by atoms with E-state index in [0.29, 0.717) is 38.5 Å². The molecule has 0 aliphatic carbocycles. The number of halogens is 4. The second-order valence-electron chi connectivity index (χ2n) is 8.60. The minimum absolute atomic E-state index is 0.00209. The van der Waals surface area contributed by atoms with Gasteiger partial charge in [0.1, 0.15) is 17.4 Å². The summed E-state index contributed by atoms with van der Waals surface area (Å²) in [4.78, 5) is 10.9. The molecular weight excluding hydrogens is 506 g/mol. The minimum atomic E-state index is -4.62. The summed E-state index contributed by atoms with van der Waals surface area (Å²) in [6, 6.07) is 14.1. The Kier molecular flexibility index (Phi) is 9.09. The van der Waals surface area contributed by atoms with Crippen molar-refractivity contribution in [2.45, 2.75) is 37.3 Å². The molecule has 1 aromatic heterocycles. The van der Waals surface area contributed by atoms with Crippen molar-refractivity contribution in [3.8, 4) is 5.75 Å². The van der Waals surface area contributed by atoms with Crippen molar-refractivity contribution in [1.82, 2.24) is 14.3 Å². The Bertz CT molecular complexity index is 1140. The van der Waals surface area contributed by atoms with E-state index in [1.54, 1.807) is 16.8 Å². The molecule has 0 amide bonds. The van der Waals surface area contributed by atoms with Gasteiger partial charge in [-0.15, -0.1) is 0 Å². The lowest BCUT2D eigenvalue weighted by Gasteiger charge is -2.34.